The molecule has 0 amide bonds. The molecular formula is C27H37N3O2. The van der Waals surface area contributed by atoms with Gasteiger partial charge in [-0.25, -0.2) is 0 Å². The monoisotopic (exact) mass is 435 g/mol. The topological polar surface area (TPSA) is 47.4 Å². The van der Waals surface area contributed by atoms with E-state index < -0.39 is 0 Å². The van der Waals surface area contributed by atoms with Crippen LogP contribution in [0.3, 0.4) is 0 Å². The van der Waals surface area contributed by atoms with E-state index in [1.807, 2.05) is 42.5 Å². The second-order valence-corrected chi connectivity index (χ2v) is 8.42. The fraction of sp³-hybridized carbons (Fsp3) is 0.481. The van der Waals surface area contributed by atoms with E-state index in [4.69, 9.17) is 4.74 Å². The Labute approximate surface area is 192 Å². The SMILES string of the molecule is CCCC.COc1nc2ccccc2n1C1CCN(CCCC(=O)c2ccccc2)CC1. The zero-order valence-electron chi connectivity index (χ0n) is 19.8. The highest BCUT2D eigenvalue weighted by Crippen LogP contribution is 2.32. The van der Waals surface area contributed by atoms with Gasteiger partial charge in [-0.15, -0.1) is 0 Å². The first-order chi connectivity index (χ1) is 15.7. The van der Waals surface area contributed by atoms with E-state index in [-0.39, 0.29) is 5.78 Å². The van der Waals surface area contributed by atoms with Gasteiger partial charge >= 0.3 is 0 Å². The number of ether oxygens (including phenoxy) is 1. The summed E-state index contributed by atoms with van der Waals surface area (Å²) in [6.45, 7) is 7.42. The maximum absolute atomic E-state index is 12.2. The number of methoxy groups -OCH3 is 1. The molecule has 2 aromatic carbocycles. The average molecular weight is 436 g/mol. The first-order valence-corrected chi connectivity index (χ1v) is 12.0. The molecule has 0 atom stereocenters. The molecule has 2 heterocycles. The summed E-state index contributed by atoms with van der Waals surface area (Å²) in [4.78, 5) is 19.3. The third kappa shape index (κ3) is 6.19. The van der Waals surface area contributed by atoms with Crippen LogP contribution in [-0.2, 0) is 0 Å². The molecule has 0 N–H and O–H groups in total. The zero-order chi connectivity index (χ0) is 22.8. The standard InChI is InChI=1S/C23H27N3O2.C4H10/c1-28-23-24-20-10-5-6-11-21(20)26(23)19-13-16-25(17-14-19)15-7-12-22(27)18-8-3-2-4-9-18;1-3-4-2/h2-6,8-11,19H,7,12-17H2,1H3;3-4H2,1-2H3. The quantitative estimate of drug-likeness (QED) is 0.398. The highest BCUT2D eigenvalue weighted by molar-refractivity contribution is 5.95. The van der Waals surface area contributed by atoms with E-state index in [1.54, 1.807) is 7.11 Å². The van der Waals surface area contributed by atoms with Gasteiger partial charge in [-0.3, -0.25) is 9.36 Å². The van der Waals surface area contributed by atoms with Crippen LogP contribution in [0.5, 0.6) is 6.01 Å². The molecule has 1 fully saturated rings. The Bertz CT molecular complexity index is 957. The number of imidazole rings is 1. The molecule has 1 aliphatic heterocycles. The number of Topliss-reactive ketones (excluding diaryl/α,β-unsaturated/α-hetero) is 1. The molecule has 0 aliphatic carbocycles. The third-order valence-electron chi connectivity index (χ3n) is 6.14. The van der Waals surface area contributed by atoms with Crippen molar-refractivity contribution in [2.75, 3.05) is 26.7 Å². The largest absolute Gasteiger partial charge is 0.468 e. The summed E-state index contributed by atoms with van der Waals surface area (Å²) in [5, 5.41) is 0. The predicted molar refractivity (Wildman–Crippen MR) is 132 cm³/mol. The van der Waals surface area contributed by atoms with E-state index in [2.05, 4.69) is 40.4 Å². The Morgan fingerprint density at radius 1 is 1.00 bits per heavy atom. The van der Waals surface area contributed by atoms with Crippen molar-refractivity contribution in [1.82, 2.24) is 14.5 Å². The first-order valence-electron chi connectivity index (χ1n) is 12.0. The van der Waals surface area contributed by atoms with Crippen LogP contribution in [0, 0.1) is 0 Å². The van der Waals surface area contributed by atoms with Gasteiger partial charge in [0.1, 0.15) is 0 Å². The van der Waals surface area contributed by atoms with Crippen molar-refractivity contribution in [2.45, 2.75) is 58.4 Å². The van der Waals surface area contributed by atoms with Gasteiger partial charge in [0, 0.05) is 31.1 Å². The number of nitrogens with zero attached hydrogens (tertiary/aromatic N) is 3. The van der Waals surface area contributed by atoms with E-state index in [9.17, 15) is 4.79 Å². The fourth-order valence-electron chi connectivity index (χ4n) is 4.15. The van der Waals surface area contributed by atoms with Crippen LogP contribution in [0.2, 0.25) is 0 Å². The van der Waals surface area contributed by atoms with E-state index in [0.29, 0.717) is 18.5 Å². The number of carbonyl (C=O) groups is 1. The summed E-state index contributed by atoms with van der Waals surface area (Å²) in [6.07, 6.45) is 6.31. The summed E-state index contributed by atoms with van der Waals surface area (Å²) < 4.78 is 7.80. The van der Waals surface area contributed by atoms with Gasteiger partial charge in [-0.05, 0) is 37.9 Å². The van der Waals surface area contributed by atoms with E-state index >= 15 is 0 Å². The Balaban J connectivity index is 0.000000668. The molecule has 172 valence electrons. The second kappa shape index (κ2) is 12.4. The number of hydrogen-bond acceptors (Lipinski definition) is 4. The molecule has 0 bridgehead atoms. The Morgan fingerprint density at radius 2 is 1.66 bits per heavy atom. The van der Waals surface area contributed by atoms with Crippen LogP contribution < -0.4 is 4.74 Å². The number of ketones is 1. The number of piperidine rings is 1. The van der Waals surface area contributed by atoms with Crippen molar-refractivity contribution in [1.29, 1.82) is 0 Å². The molecule has 0 spiro atoms. The number of benzene rings is 2. The van der Waals surface area contributed by atoms with Crippen LogP contribution in [0.1, 0.15) is 68.8 Å². The summed E-state index contributed by atoms with van der Waals surface area (Å²) in [6, 6.07) is 18.9. The van der Waals surface area contributed by atoms with E-state index in [0.717, 1.165) is 55.5 Å². The Kier molecular flexibility index (Phi) is 9.29. The number of fused-ring (bicyclic) bond motifs is 1. The molecule has 3 aromatic rings. The van der Waals surface area contributed by atoms with Gasteiger partial charge < -0.3 is 9.64 Å². The number of aromatic nitrogens is 2. The summed E-state index contributed by atoms with van der Waals surface area (Å²) in [5.74, 6) is 0.241. The highest BCUT2D eigenvalue weighted by Gasteiger charge is 2.24. The molecule has 32 heavy (non-hydrogen) atoms. The molecule has 4 rings (SSSR count). The maximum atomic E-state index is 12.2. The van der Waals surface area contributed by atoms with Crippen molar-refractivity contribution in [3.8, 4) is 6.01 Å². The number of para-hydroxylation sites is 2. The molecule has 5 heteroatoms. The second-order valence-electron chi connectivity index (χ2n) is 8.42. The van der Waals surface area contributed by atoms with Crippen LogP contribution in [-0.4, -0.2) is 47.0 Å². The van der Waals surface area contributed by atoms with Gasteiger partial charge in [0.15, 0.2) is 5.78 Å². The molecule has 1 aliphatic rings. The summed E-state index contributed by atoms with van der Waals surface area (Å²) in [7, 11) is 1.69. The lowest BCUT2D eigenvalue weighted by Gasteiger charge is -2.33. The predicted octanol–water partition coefficient (Wildman–Crippen LogP) is 6.15. The summed E-state index contributed by atoms with van der Waals surface area (Å²) >= 11 is 0. The summed E-state index contributed by atoms with van der Waals surface area (Å²) in [5.41, 5.74) is 2.95. The molecule has 0 saturated carbocycles. The number of rotatable bonds is 8. The highest BCUT2D eigenvalue weighted by atomic mass is 16.5. The van der Waals surface area contributed by atoms with Crippen molar-refractivity contribution < 1.29 is 9.53 Å². The van der Waals surface area contributed by atoms with E-state index in [1.165, 1.54) is 12.8 Å². The lowest BCUT2D eigenvalue weighted by molar-refractivity contribution is 0.0970. The maximum Gasteiger partial charge on any atom is 0.297 e. The van der Waals surface area contributed by atoms with Crippen molar-refractivity contribution in [3.05, 3.63) is 60.2 Å². The number of hydrogen-bond donors (Lipinski definition) is 0. The van der Waals surface area contributed by atoms with Gasteiger partial charge in [0.2, 0.25) is 0 Å². The molecule has 5 nitrogen and oxygen atoms in total. The zero-order valence-corrected chi connectivity index (χ0v) is 19.8. The molecule has 1 saturated heterocycles. The van der Waals surface area contributed by atoms with Crippen molar-refractivity contribution in [2.24, 2.45) is 0 Å². The van der Waals surface area contributed by atoms with Gasteiger partial charge in [0.25, 0.3) is 6.01 Å². The lowest BCUT2D eigenvalue weighted by atomic mass is 10.0. The number of likely N-dealkylation sites (tertiary alicyclic amines) is 1. The minimum Gasteiger partial charge on any atom is -0.468 e. The Morgan fingerprint density at radius 3 is 2.31 bits per heavy atom. The molecule has 0 unspecified atom stereocenters. The van der Waals surface area contributed by atoms with Gasteiger partial charge in [0.05, 0.1) is 18.1 Å². The Hall–Kier alpha value is -2.66. The van der Waals surface area contributed by atoms with Gasteiger partial charge in [-0.2, -0.15) is 4.98 Å². The lowest BCUT2D eigenvalue weighted by Crippen LogP contribution is -2.35. The van der Waals surface area contributed by atoms with Crippen LogP contribution in [0.15, 0.2) is 54.6 Å². The first kappa shape index (κ1) is 24.0. The van der Waals surface area contributed by atoms with Crippen molar-refractivity contribution >= 4 is 16.8 Å². The van der Waals surface area contributed by atoms with Crippen LogP contribution in [0.4, 0.5) is 0 Å². The molecular weight excluding hydrogens is 398 g/mol. The number of unbranched alkanes of at least 4 members (excludes halogenated alkanes) is 1. The smallest absolute Gasteiger partial charge is 0.297 e. The average Bonchev–Trinajstić information content (AvgIpc) is 3.24. The normalized spacial score (nSPS) is 14.7. The molecule has 1 aromatic heterocycles. The minimum atomic E-state index is 0.241. The van der Waals surface area contributed by atoms with Crippen LogP contribution in [0.25, 0.3) is 11.0 Å². The third-order valence-corrected chi connectivity index (χ3v) is 6.14. The van der Waals surface area contributed by atoms with Crippen LogP contribution >= 0.6 is 0 Å². The fourth-order valence-corrected chi connectivity index (χ4v) is 4.15. The van der Waals surface area contributed by atoms with Gasteiger partial charge in [-0.1, -0.05) is 69.2 Å². The minimum absolute atomic E-state index is 0.241. The number of carbonyl (C=O) groups excluding carboxylic acids is 1. The molecule has 0 radical (unpaired) electrons. The van der Waals surface area contributed by atoms with Crippen molar-refractivity contribution in [3.63, 3.8) is 0 Å².